The van der Waals surface area contributed by atoms with Crippen LogP contribution >= 0.6 is 11.6 Å². The van der Waals surface area contributed by atoms with Crippen molar-refractivity contribution in [2.45, 2.75) is 70.2 Å². The van der Waals surface area contributed by atoms with Crippen LogP contribution in [0, 0.1) is 5.41 Å². The van der Waals surface area contributed by atoms with Crippen LogP contribution in [0.15, 0.2) is 41.5 Å². The predicted molar refractivity (Wildman–Crippen MR) is 156 cm³/mol. The number of rotatable bonds is 5. The van der Waals surface area contributed by atoms with E-state index >= 15 is 0 Å². The summed E-state index contributed by atoms with van der Waals surface area (Å²) in [6.45, 7) is 7.21. The Kier molecular flexibility index (Phi) is 6.90. The molecule has 0 spiro atoms. The Morgan fingerprint density at radius 1 is 1.10 bits per heavy atom. The number of aliphatic hydroxyl groups is 1. The smallest absolute Gasteiger partial charge is 0.407 e. The Morgan fingerprint density at radius 2 is 1.76 bits per heavy atom. The van der Waals surface area contributed by atoms with E-state index in [0.717, 1.165) is 18.4 Å². The molecular formula is C30H36ClN5O6. The summed E-state index contributed by atoms with van der Waals surface area (Å²) in [5.41, 5.74) is -0.401. The second kappa shape index (κ2) is 10.1. The van der Waals surface area contributed by atoms with Gasteiger partial charge in [0.25, 0.3) is 5.56 Å². The van der Waals surface area contributed by atoms with Crippen molar-refractivity contribution in [3.05, 3.63) is 57.7 Å². The van der Waals surface area contributed by atoms with Gasteiger partial charge in [0.05, 0.1) is 42.3 Å². The molecule has 1 atom stereocenters. The van der Waals surface area contributed by atoms with Crippen LogP contribution < -0.4 is 5.56 Å². The van der Waals surface area contributed by atoms with Gasteiger partial charge in [-0.25, -0.2) is 9.78 Å². The molecule has 1 aliphatic carbocycles. The van der Waals surface area contributed by atoms with Crippen molar-refractivity contribution in [1.29, 1.82) is 0 Å². The maximum Gasteiger partial charge on any atom is 0.407 e. The molecule has 3 aliphatic rings. The van der Waals surface area contributed by atoms with Crippen LogP contribution in [0.1, 0.15) is 58.1 Å². The Bertz CT molecular complexity index is 1600. The van der Waals surface area contributed by atoms with E-state index in [1.807, 2.05) is 49.9 Å². The molecule has 3 aromatic rings. The molecule has 0 radical (unpaired) electrons. The van der Waals surface area contributed by atoms with E-state index in [0.29, 0.717) is 47.8 Å². The van der Waals surface area contributed by atoms with Crippen molar-refractivity contribution in [1.82, 2.24) is 23.9 Å². The second-order valence-electron chi connectivity index (χ2n) is 12.9. The lowest BCUT2D eigenvalue weighted by Gasteiger charge is -2.42. The van der Waals surface area contributed by atoms with Crippen LogP contribution in [0.25, 0.3) is 16.7 Å². The van der Waals surface area contributed by atoms with Crippen LogP contribution in [0.3, 0.4) is 0 Å². The summed E-state index contributed by atoms with van der Waals surface area (Å²) in [6, 6.07) is 8.41. The SMILES string of the molecule is CC1(C)CN(C(=O)O)[C@@H](c2ccc(-n3c(Cl)cc4c(=O)n(CC5(O)CCN(C(=O)C6(C)CC6)CC5)cnc43)cc2)CO1. The summed E-state index contributed by atoms with van der Waals surface area (Å²) in [7, 11) is 0. The number of carbonyl (C=O) groups is 2. The predicted octanol–water partition coefficient (Wildman–Crippen LogP) is 3.82. The van der Waals surface area contributed by atoms with Gasteiger partial charge in [-0.2, -0.15) is 0 Å². The van der Waals surface area contributed by atoms with Crippen LogP contribution in [0.2, 0.25) is 5.15 Å². The van der Waals surface area contributed by atoms with Gasteiger partial charge in [0.2, 0.25) is 5.91 Å². The van der Waals surface area contributed by atoms with Gasteiger partial charge >= 0.3 is 6.09 Å². The fourth-order valence-electron chi connectivity index (χ4n) is 6.11. The molecule has 224 valence electrons. The zero-order valence-electron chi connectivity index (χ0n) is 24.0. The minimum atomic E-state index is -1.12. The molecule has 2 aliphatic heterocycles. The highest BCUT2D eigenvalue weighted by Gasteiger charge is 2.48. The molecule has 11 nitrogen and oxygen atoms in total. The van der Waals surface area contributed by atoms with Crippen molar-refractivity contribution in [3.63, 3.8) is 0 Å². The number of aromatic nitrogens is 3. The number of nitrogens with zero attached hydrogens (tertiary/aromatic N) is 5. The Morgan fingerprint density at radius 3 is 2.38 bits per heavy atom. The molecule has 4 heterocycles. The summed E-state index contributed by atoms with van der Waals surface area (Å²) in [5.74, 6) is 0.157. The summed E-state index contributed by atoms with van der Waals surface area (Å²) in [6.07, 6.45) is 3.02. The van der Waals surface area contributed by atoms with Gasteiger partial charge in [0.1, 0.15) is 11.5 Å². The highest BCUT2D eigenvalue weighted by molar-refractivity contribution is 6.31. The highest BCUT2D eigenvalue weighted by Crippen LogP contribution is 2.47. The van der Waals surface area contributed by atoms with Crippen LogP contribution in [0.4, 0.5) is 4.79 Å². The quantitative estimate of drug-likeness (QED) is 0.457. The Balaban J connectivity index is 1.21. The van der Waals surface area contributed by atoms with Crippen molar-refractivity contribution in [2.75, 3.05) is 26.2 Å². The lowest BCUT2D eigenvalue weighted by molar-refractivity contribution is -0.141. The van der Waals surface area contributed by atoms with Crippen molar-refractivity contribution in [2.24, 2.45) is 5.41 Å². The molecule has 2 N–H and O–H groups in total. The molecule has 1 aromatic carbocycles. The maximum atomic E-state index is 13.5. The molecular weight excluding hydrogens is 562 g/mol. The molecule has 2 amide bonds. The third-order valence-electron chi connectivity index (χ3n) is 9.04. The van der Waals surface area contributed by atoms with E-state index in [4.69, 9.17) is 16.3 Å². The van der Waals surface area contributed by atoms with E-state index in [9.17, 15) is 24.6 Å². The average molecular weight is 598 g/mol. The standard InChI is InChI=1S/C30H36ClN5O6/c1-28(2)16-35(27(39)40)22(15-42-28)19-4-6-20(7-5-19)36-23(31)14-21-24(36)32-18-34(25(21)37)17-30(41)10-12-33(13-11-30)26(38)29(3)8-9-29/h4-7,14,18,22,41H,8-13,15-17H2,1-3H3,(H,39,40)/t22-/m1/s1. The Hall–Kier alpha value is -3.41. The summed E-state index contributed by atoms with van der Waals surface area (Å²) >= 11 is 6.60. The van der Waals surface area contributed by atoms with E-state index in [1.54, 1.807) is 10.6 Å². The normalized spacial score (nSPS) is 22.7. The zero-order chi connectivity index (χ0) is 30.0. The number of ether oxygens (including phenoxy) is 1. The molecule has 2 aromatic heterocycles. The number of morpholine rings is 1. The number of benzene rings is 1. The van der Waals surface area contributed by atoms with E-state index < -0.39 is 23.3 Å². The number of hydrogen-bond acceptors (Lipinski definition) is 6. The first-order valence-corrected chi connectivity index (χ1v) is 14.7. The van der Waals surface area contributed by atoms with Crippen molar-refractivity contribution in [3.8, 4) is 5.69 Å². The molecule has 42 heavy (non-hydrogen) atoms. The number of carbonyl (C=O) groups excluding carboxylic acids is 1. The van der Waals surface area contributed by atoms with E-state index in [2.05, 4.69) is 4.98 Å². The Labute approximate surface area is 248 Å². The highest BCUT2D eigenvalue weighted by atomic mass is 35.5. The third-order valence-corrected chi connectivity index (χ3v) is 9.32. The molecule has 1 saturated carbocycles. The largest absolute Gasteiger partial charge is 0.465 e. The van der Waals surface area contributed by atoms with Gasteiger partial charge in [0, 0.05) is 24.2 Å². The van der Waals surface area contributed by atoms with Gasteiger partial charge < -0.3 is 19.8 Å². The van der Waals surface area contributed by atoms with Crippen LogP contribution in [-0.2, 0) is 16.1 Å². The number of amides is 2. The number of likely N-dealkylation sites (tertiary alicyclic amines) is 1. The first-order chi connectivity index (χ1) is 19.8. The van der Waals surface area contributed by atoms with Crippen LogP contribution in [0.5, 0.6) is 0 Å². The fraction of sp³-hybridized carbons (Fsp3) is 0.533. The lowest BCUT2D eigenvalue weighted by Crippen LogP contribution is -2.51. The molecule has 2 saturated heterocycles. The van der Waals surface area contributed by atoms with Crippen molar-refractivity contribution < 1.29 is 24.5 Å². The van der Waals surface area contributed by atoms with Gasteiger partial charge in [-0.05, 0) is 63.3 Å². The van der Waals surface area contributed by atoms with Gasteiger partial charge in [0.15, 0.2) is 5.65 Å². The van der Waals surface area contributed by atoms with Gasteiger partial charge in [-0.1, -0.05) is 30.7 Å². The number of halogens is 1. The molecule has 0 unspecified atom stereocenters. The number of carboxylic acid groups (broad SMARTS) is 1. The summed E-state index contributed by atoms with van der Waals surface area (Å²) < 4.78 is 8.98. The molecule has 3 fully saturated rings. The van der Waals surface area contributed by atoms with Gasteiger partial charge in [-0.15, -0.1) is 0 Å². The minimum absolute atomic E-state index is 0.0753. The molecule has 0 bridgehead atoms. The molecule has 6 rings (SSSR count). The average Bonchev–Trinajstić information content (AvgIpc) is 3.61. The van der Waals surface area contributed by atoms with E-state index in [1.165, 1.54) is 15.8 Å². The fourth-order valence-corrected chi connectivity index (χ4v) is 6.40. The molecule has 12 heteroatoms. The number of hydrogen-bond donors (Lipinski definition) is 2. The first kappa shape index (κ1) is 28.7. The maximum absolute atomic E-state index is 13.5. The lowest BCUT2D eigenvalue weighted by atomic mass is 9.90. The van der Waals surface area contributed by atoms with Crippen molar-refractivity contribution >= 4 is 34.6 Å². The number of fused-ring (bicyclic) bond motifs is 1. The minimum Gasteiger partial charge on any atom is -0.465 e. The van der Waals surface area contributed by atoms with E-state index in [-0.39, 0.29) is 36.6 Å². The third kappa shape index (κ3) is 5.18. The summed E-state index contributed by atoms with van der Waals surface area (Å²) in [4.78, 5) is 45.9. The second-order valence-corrected chi connectivity index (χ2v) is 13.3. The van der Waals surface area contributed by atoms with Crippen LogP contribution in [-0.4, -0.2) is 83.6 Å². The monoisotopic (exact) mass is 597 g/mol. The number of piperidine rings is 1. The zero-order valence-corrected chi connectivity index (χ0v) is 24.8. The van der Waals surface area contributed by atoms with Gasteiger partial charge in [-0.3, -0.25) is 23.6 Å². The first-order valence-electron chi connectivity index (χ1n) is 14.3. The topological polar surface area (TPSA) is 130 Å². The summed E-state index contributed by atoms with van der Waals surface area (Å²) in [5, 5.41) is 21.7.